The van der Waals surface area contributed by atoms with Crippen molar-refractivity contribution < 1.29 is 9.84 Å². The van der Waals surface area contributed by atoms with Crippen LogP contribution >= 0.6 is 34.5 Å². The van der Waals surface area contributed by atoms with Crippen LogP contribution in [0.3, 0.4) is 0 Å². The average Bonchev–Trinajstić information content (AvgIpc) is 3.35. The van der Waals surface area contributed by atoms with Crippen molar-refractivity contribution in [3.63, 3.8) is 0 Å². The number of aliphatic hydroxyl groups is 1. The van der Waals surface area contributed by atoms with Gasteiger partial charge in [-0.15, -0.1) is 21.5 Å². The van der Waals surface area contributed by atoms with Gasteiger partial charge in [-0.1, -0.05) is 29.3 Å². The summed E-state index contributed by atoms with van der Waals surface area (Å²) in [6, 6.07) is 5.21. The second-order valence-electron chi connectivity index (χ2n) is 6.15. The Labute approximate surface area is 175 Å². The number of benzene rings is 1. The second kappa shape index (κ2) is 8.07. The van der Waals surface area contributed by atoms with Crippen molar-refractivity contribution in [3.8, 4) is 21.8 Å². The lowest BCUT2D eigenvalue weighted by molar-refractivity contribution is 0.00378. The van der Waals surface area contributed by atoms with Crippen LogP contribution in [0.25, 0.3) is 26.7 Å². The Morgan fingerprint density at radius 1 is 1.43 bits per heavy atom. The smallest absolute Gasteiger partial charge is 0.229 e. The van der Waals surface area contributed by atoms with Crippen LogP contribution in [0.1, 0.15) is 0 Å². The van der Waals surface area contributed by atoms with Gasteiger partial charge in [-0.3, -0.25) is 0 Å². The molecule has 0 aliphatic carbocycles. The second-order valence-corrected chi connectivity index (χ2v) is 8.00. The maximum atomic E-state index is 9.47. The highest BCUT2D eigenvalue weighted by molar-refractivity contribution is 7.20. The lowest BCUT2D eigenvalue weighted by Crippen LogP contribution is -2.43. The van der Waals surface area contributed by atoms with Crippen molar-refractivity contribution in [2.75, 3.05) is 31.2 Å². The number of aliphatic hydroxyl groups excluding tert-OH is 1. The predicted molar refractivity (Wildman–Crippen MR) is 110 cm³/mol. The van der Waals surface area contributed by atoms with E-state index in [0.29, 0.717) is 52.4 Å². The number of aromatic amines is 1. The van der Waals surface area contributed by atoms with Crippen LogP contribution in [0.4, 0.5) is 10.7 Å². The molecule has 0 amide bonds. The summed E-state index contributed by atoms with van der Waals surface area (Å²) >= 11 is 14.0. The molecule has 0 spiro atoms. The number of morpholine rings is 1. The van der Waals surface area contributed by atoms with Crippen LogP contribution < -0.4 is 4.90 Å². The number of ether oxygens (including phenoxy) is 1. The molecular formula is C18H15Cl2N5O2S. The van der Waals surface area contributed by atoms with Crippen molar-refractivity contribution in [3.05, 3.63) is 46.0 Å². The molecule has 1 fully saturated rings. The number of H-pyrrole nitrogens is 1. The van der Waals surface area contributed by atoms with Gasteiger partial charge in [0, 0.05) is 28.7 Å². The van der Waals surface area contributed by atoms with E-state index >= 15 is 0 Å². The summed E-state index contributed by atoms with van der Waals surface area (Å²) in [6.45, 7) is 9.39. The summed E-state index contributed by atoms with van der Waals surface area (Å²) in [5.41, 5.74) is 1.89. The molecule has 28 heavy (non-hydrogen) atoms. The molecule has 144 valence electrons. The Morgan fingerprint density at radius 2 is 2.29 bits per heavy atom. The van der Waals surface area contributed by atoms with E-state index in [1.54, 1.807) is 18.2 Å². The number of hydrogen-bond acceptors (Lipinski definition) is 6. The van der Waals surface area contributed by atoms with Crippen LogP contribution in [0, 0.1) is 6.57 Å². The number of nitrogens with zero attached hydrogens (tertiary/aromatic N) is 4. The van der Waals surface area contributed by atoms with E-state index < -0.39 is 0 Å². The van der Waals surface area contributed by atoms with Crippen molar-refractivity contribution >= 4 is 45.2 Å². The minimum Gasteiger partial charge on any atom is -0.394 e. The summed E-state index contributed by atoms with van der Waals surface area (Å²) in [4.78, 5) is 9.68. The van der Waals surface area contributed by atoms with E-state index in [1.807, 2.05) is 0 Å². The summed E-state index contributed by atoms with van der Waals surface area (Å²) in [5, 5.41) is 19.3. The van der Waals surface area contributed by atoms with Gasteiger partial charge >= 0.3 is 0 Å². The topological polar surface area (TPSA) is 78.6 Å². The van der Waals surface area contributed by atoms with Crippen LogP contribution in [-0.4, -0.2) is 52.7 Å². The number of thiophene rings is 1. The minimum atomic E-state index is -0.286. The first-order valence-corrected chi connectivity index (χ1v) is 10.0. The molecular weight excluding hydrogens is 421 g/mol. The average molecular weight is 436 g/mol. The Balaban J connectivity index is 1.91. The lowest BCUT2D eigenvalue weighted by atomic mass is 10.0. The maximum absolute atomic E-state index is 9.47. The molecule has 1 atom stereocenters. The fourth-order valence-corrected chi connectivity index (χ4v) is 4.91. The number of anilines is 1. The monoisotopic (exact) mass is 435 g/mol. The molecule has 1 aromatic carbocycles. The predicted octanol–water partition coefficient (Wildman–Crippen LogP) is 4.26. The maximum Gasteiger partial charge on any atom is 0.229 e. The molecule has 0 unspecified atom stereocenters. The minimum absolute atomic E-state index is 0.0694. The zero-order chi connectivity index (χ0) is 19.7. The standard InChI is InChI=1S/C18H15Cl2N5O2S/c1-21-15-14(12-3-2-10(19)6-13(12)20)16(17-22-9-23-24-17)28-18(15)25-4-5-27-11(7-25)8-26/h2-3,6,9,11,26H,4-5,7-8H2,(H,22,23,24)/t11-/m0/s1. The molecule has 10 heteroatoms. The van der Waals surface area contributed by atoms with Gasteiger partial charge in [-0.25, -0.2) is 4.85 Å². The summed E-state index contributed by atoms with van der Waals surface area (Å²) in [7, 11) is 0. The number of halogens is 2. The van der Waals surface area contributed by atoms with Crippen molar-refractivity contribution in [2.24, 2.45) is 0 Å². The third-order valence-corrected chi connectivity index (χ3v) is 6.23. The highest BCUT2D eigenvalue weighted by atomic mass is 35.5. The van der Waals surface area contributed by atoms with Crippen molar-refractivity contribution in [1.29, 1.82) is 0 Å². The van der Waals surface area contributed by atoms with Gasteiger partial charge in [0.05, 0.1) is 35.8 Å². The first-order chi connectivity index (χ1) is 13.6. The lowest BCUT2D eigenvalue weighted by Gasteiger charge is -2.33. The quantitative estimate of drug-likeness (QED) is 0.598. The highest BCUT2D eigenvalue weighted by Gasteiger charge is 2.29. The van der Waals surface area contributed by atoms with E-state index in [9.17, 15) is 5.11 Å². The van der Waals surface area contributed by atoms with Crippen LogP contribution in [0.15, 0.2) is 24.5 Å². The molecule has 3 aromatic rings. The first-order valence-electron chi connectivity index (χ1n) is 8.46. The van der Waals surface area contributed by atoms with Crippen molar-refractivity contribution in [2.45, 2.75) is 6.10 Å². The molecule has 1 saturated heterocycles. The zero-order valence-corrected chi connectivity index (χ0v) is 16.9. The number of aromatic nitrogens is 3. The molecule has 7 nitrogen and oxygen atoms in total. The van der Waals surface area contributed by atoms with E-state index in [2.05, 4.69) is 24.9 Å². The van der Waals surface area contributed by atoms with Gasteiger partial charge in [0.1, 0.15) is 6.33 Å². The Kier molecular flexibility index (Phi) is 5.53. The Morgan fingerprint density at radius 3 is 2.96 bits per heavy atom. The number of rotatable bonds is 4. The van der Waals surface area contributed by atoms with Gasteiger partial charge in [0.25, 0.3) is 0 Å². The first kappa shape index (κ1) is 19.2. The van der Waals surface area contributed by atoms with E-state index in [1.165, 1.54) is 17.7 Å². The van der Waals surface area contributed by atoms with E-state index in [0.717, 1.165) is 9.88 Å². The fraction of sp³-hybridized carbons (Fsp3) is 0.278. The molecule has 2 aromatic heterocycles. The normalized spacial score (nSPS) is 16.9. The van der Waals surface area contributed by atoms with Gasteiger partial charge < -0.3 is 19.7 Å². The van der Waals surface area contributed by atoms with E-state index in [-0.39, 0.29) is 12.7 Å². The highest BCUT2D eigenvalue weighted by Crippen LogP contribution is 2.53. The van der Waals surface area contributed by atoms with Crippen molar-refractivity contribution in [1.82, 2.24) is 15.2 Å². The zero-order valence-electron chi connectivity index (χ0n) is 14.5. The largest absolute Gasteiger partial charge is 0.394 e. The third-order valence-electron chi connectivity index (χ3n) is 4.44. The summed E-state index contributed by atoms with van der Waals surface area (Å²) < 4.78 is 5.55. The molecule has 2 N–H and O–H groups in total. The van der Waals surface area contributed by atoms with E-state index in [4.69, 9.17) is 34.5 Å². The summed E-state index contributed by atoms with van der Waals surface area (Å²) in [6.07, 6.45) is 1.21. The number of nitrogens with one attached hydrogen (secondary N) is 1. The van der Waals surface area contributed by atoms with Gasteiger partial charge in [0.15, 0.2) is 5.82 Å². The fourth-order valence-electron chi connectivity index (χ4n) is 3.17. The van der Waals surface area contributed by atoms with Gasteiger partial charge in [-0.05, 0) is 17.7 Å². The summed E-state index contributed by atoms with van der Waals surface area (Å²) in [5.74, 6) is 0.564. The SMILES string of the molecule is [C-]#[N+]c1c(N2CCO[C@H](CO)C2)sc(-c2nnc[nH]2)c1-c1ccc(Cl)cc1Cl. The molecule has 0 bridgehead atoms. The number of hydrogen-bond donors (Lipinski definition) is 2. The Bertz CT molecular complexity index is 1030. The molecule has 4 rings (SSSR count). The van der Waals surface area contributed by atoms with Crippen LogP contribution in [-0.2, 0) is 4.74 Å². The van der Waals surface area contributed by atoms with Gasteiger partial charge in [-0.2, -0.15) is 0 Å². The Hall–Kier alpha value is -2.15. The molecule has 0 saturated carbocycles. The van der Waals surface area contributed by atoms with Gasteiger partial charge in [0.2, 0.25) is 5.69 Å². The molecule has 3 heterocycles. The molecule has 1 aliphatic heterocycles. The van der Waals surface area contributed by atoms with Crippen LogP contribution in [0.5, 0.6) is 0 Å². The molecule has 1 aliphatic rings. The third kappa shape index (κ3) is 3.48. The van der Waals surface area contributed by atoms with Crippen LogP contribution in [0.2, 0.25) is 10.0 Å². The molecule has 0 radical (unpaired) electrons.